The molecule has 1 fully saturated rings. The van der Waals surface area contributed by atoms with Gasteiger partial charge in [-0.05, 0) is 49.5 Å². The summed E-state index contributed by atoms with van der Waals surface area (Å²) >= 11 is 0. The summed E-state index contributed by atoms with van der Waals surface area (Å²) in [6.45, 7) is 5.91. The fourth-order valence-corrected chi connectivity index (χ4v) is 4.84. The van der Waals surface area contributed by atoms with Crippen molar-refractivity contribution in [2.75, 3.05) is 0 Å². The summed E-state index contributed by atoms with van der Waals surface area (Å²) in [7, 11) is 0. The van der Waals surface area contributed by atoms with E-state index >= 15 is 0 Å². The number of carbonyl (C=O) groups is 1. The van der Waals surface area contributed by atoms with Crippen LogP contribution in [0.15, 0.2) is 12.1 Å². The first-order valence-electron chi connectivity index (χ1n) is 10.1. The van der Waals surface area contributed by atoms with E-state index in [0.717, 1.165) is 11.5 Å². The lowest BCUT2D eigenvalue weighted by Gasteiger charge is -2.37. The lowest BCUT2D eigenvalue weighted by molar-refractivity contribution is -0.143. The van der Waals surface area contributed by atoms with Crippen molar-refractivity contribution in [1.82, 2.24) is 0 Å². The second-order valence-corrected chi connectivity index (χ2v) is 8.29. The maximum atomic E-state index is 14.5. The second-order valence-electron chi connectivity index (χ2n) is 8.29. The van der Waals surface area contributed by atoms with Gasteiger partial charge in [-0.2, -0.15) is 0 Å². The standard InChI is InChI=1S/C22H31FO3/c1-4-5-15-6-8-16(9-7-15)13(2)19-12-17-10-11-18(14(3)24)20(23)21(17)26-22(19)25/h10-11,13-16,19,24H,4-9,12H2,1-3H3. The molecule has 3 rings (SSSR count). The Kier molecular flexibility index (Phi) is 6.01. The Morgan fingerprint density at radius 1 is 1.23 bits per heavy atom. The highest BCUT2D eigenvalue weighted by atomic mass is 19.1. The minimum Gasteiger partial charge on any atom is -0.423 e. The van der Waals surface area contributed by atoms with Crippen molar-refractivity contribution < 1.29 is 19.0 Å². The molecule has 0 amide bonds. The Hall–Kier alpha value is -1.42. The van der Waals surface area contributed by atoms with Crippen molar-refractivity contribution in [3.63, 3.8) is 0 Å². The lowest BCUT2D eigenvalue weighted by Crippen LogP contribution is -2.37. The van der Waals surface area contributed by atoms with E-state index in [9.17, 15) is 14.3 Å². The summed E-state index contributed by atoms with van der Waals surface area (Å²) in [5, 5.41) is 9.66. The van der Waals surface area contributed by atoms with Crippen LogP contribution in [0.4, 0.5) is 4.39 Å². The summed E-state index contributed by atoms with van der Waals surface area (Å²) in [5.74, 6) is 0.534. The average molecular weight is 362 g/mol. The third kappa shape index (κ3) is 3.80. The molecule has 1 aliphatic heterocycles. The molecule has 0 radical (unpaired) electrons. The van der Waals surface area contributed by atoms with Gasteiger partial charge in [0.15, 0.2) is 11.6 Å². The number of ether oxygens (including phenoxy) is 1. The molecular formula is C22H31FO3. The first-order chi connectivity index (χ1) is 12.4. The van der Waals surface area contributed by atoms with E-state index in [0.29, 0.717) is 12.3 Å². The average Bonchev–Trinajstić information content (AvgIpc) is 2.62. The quantitative estimate of drug-likeness (QED) is 0.578. The van der Waals surface area contributed by atoms with Crippen LogP contribution in [0.25, 0.3) is 0 Å². The highest BCUT2D eigenvalue weighted by Gasteiger charge is 2.39. The van der Waals surface area contributed by atoms with Gasteiger partial charge in [0.25, 0.3) is 0 Å². The van der Waals surface area contributed by atoms with E-state index < -0.39 is 11.9 Å². The number of hydrogen-bond donors (Lipinski definition) is 1. The molecule has 1 saturated carbocycles. The smallest absolute Gasteiger partial charge is 0.315 e. The van der Waals surface area contributed by atoms with Crippen molar-refractivity contribution in [2.24, 2.45) is 23.7 Å². The van der Waals surface area contributed by atoms with Gasteiger partial charge in [0.1, 0.15) is 0 Å². The summed E-state index contributed by atoms with van der Waals surface area (Å²) in [5.41, 5.74) is 0.917. The molecule has 0 spiro atoms. The third-order valence-electron chi connectivity index (χ3n) is 6.57. The van der Waals surface area contributed by atoms with Crippen molar-refractivity contribution in [3.05, 3.63) is 29.1 Å². The molecule has 4 heteroatoms. The lowest BCUT2D eigenvalue weighted by atomic mass is 9.70. The summed E-state index contributed by atoms with van der Waals surface area (Å²) in [6, 6.07) is 3.40. The molecule has 1 aliphatic carbocycles. The topological polar surface area (TPSA) is 46.5 Å². The maximum absolute atomic E-state index is 14.5. The van der Waals surface area contributed by atoms with Gasteiger partial charge in [0, 0.05) is 5.56 Å². The summed E-state index contributed by atoms with van der Waals surface area (Å²) in [4.78, 5) is 12.6. The van der Waals surface area contributed by atoms with E-state index in [4.69, 9.17) is 4.74 Å². The first kappa shape index (κ1) is 19.3. The molecule has 3 atom stereocenters. The van der Waals surface area contributed by atoms with Crippen LogP contribution >= 0.6 is 0 Å². The highest BCUT2D eigenvalue weighted by molar-refractivity contribution is 5.78. The highest BCUT2D eigenvalue weighted by Crippen LogP contribution is 2.42. The Labute approximate surface area is 155 Å². The molecule has 0 aromatic heterocycles. The molecular weight excluding hydrogens is 331 g/mol. The number of benzene rings is 1. The second kappa shape index (κ2) is 8.08. The number of halogens is 1. The minimum atomic E-state index is -0.922. The van der Waals surface area contributed by atoms with Crippen LogP contribution < -0.4 is 4.74 Å². The minimum absolute atomic E-state index is 0.0171. The molecule has 1 N–H and O–H groups in total. The van der Waals surface area contributed by atoms with Gasteiger partial charge >= 0.3 is 5.97 Å². The van der Waals surface area contributed by atoms with Crippen molar-refractivity contribution >= 4 is 5.97 Å². The molecule has 1 aromatic rings. The van der Waals surface area contributed by atoms with Crippen molar-refractivity contribution in [2.45, 2.75) is 71.8 Å². The zero-order valence-electron chi connectivity index (χ0n) is 16.1. The predicted molar refractivity (Wildman–Crippen MR) is 99.4 cm³/mol. The zero-order valence-corrected chi connectivity index (χ0v) is 16.1. The molecule has 0 saturated heterocycles. The van der Waals surface area contributed by atoms with Crippen LogP contribution in [0.3, 0.4) is 0 Å². The predicted octanol–water partition coefficient (Wildman–Crippen LogP) is 5.20. The van der Waals surface area contributed by atoms with Gasteiger partial charge in [-0.1, -0.05) is 51.7 Å². The SMILES string of the molecule is CCCC1CCC(C(C)C2Cc3ccc(C(C)O)c(F)c3OC2=O)CC1. The summed E-state index contributed by atoms with van der Waals surface area (Å²) in [6.07, 6.45) is 7.04. The van der Waals surface area contributed by atoms with E-state index in [2.05, 4.69) is 13.8 Å². The van der Waals surface area contributed by atoms with Gasteiger partial charge in [-0.3, -0.25) is 4.79 Å². The number of esters is 1. The summed E-state index contributed by atoms with van der Waals surface area (Å²) < 4.78 is 20.0. The van der Waals surface area contributed by atoms with Gasteiger partial charge in [0.2, 0.25) is 0 Å². The van der Waals surface area contributed by atoms with Gasteiger partial charge in [-0.15, -0.1) is 0 Å². The molecule has 3 nitrogen and oxygen atoms in total. The molecule has 3 unspecified atom stereocenters. The Balaban J connectivity index is 1.71. The third-order valence-corrected chi connectivity index (χ3v) is 6.57. The number of carbonyl (C=O) groups excluding carboxylic acids is 1. The molecule has 2 aliphatic rings. The van der Waals surface area contributed by atoms with Gasteiger partial charge in [0.05, 0.1) is 12.0 Å². The fourth-order valence-electron chi connectivity index (χ4n) is 4.84. The van der Waals surface area contributed by atoms with E-state index in [-0.39, 0.29) is 29.1 Å². The normalized spacial score (nSPS) is 28.2. The van der Waals surface area contributed by atoms with E-state index in [1.807, 2.05) is 0 Å². The zero-order chi connectivity index (χ0) is 18.8. The first-order valence-corrected chi connectivity index (χ1v) is 10.1. The van der Waals surface area contributed by atoms with Gasteiger partial charge < -0.3 is 9.84 Å². The van der Waals surface area contributed by atoms with Crippen LogP contribution in [-0.2, 0) is 11.2 Å². The maximum Gasteiger partial charge on any atom is 0.315 e. The Morgan fingerprint density at radius 2 is 1.92 bits per heavy atom. The number of hydrogen-bond acceptors (Lipinski definition) is 3. The number of aliphatic hydroxyl groups excluding tert-OH is 1. The van der Waals surface area contributed by atoms with Crippen LogP contribution in [0.2, 0.25) is 0 Å². The van der Waals surface area contributed by atoms with E-state index in [1.165, 1.54) is 45.4 Å². The molecule has 0 bridgehead atoms. The van der Waals surface area contributed by atoms with Crippen LogP contribution in [0.5, 0.6) is 5.75 Å². The Bertz CT molecular complexity index is 647. The molecule has 1 aromatic carbocycles. The monoisotopic (exact) mass is 362 g/mol. The molecule has 1 heterocycles. The number of rotatable bonds is 5. The fraction of sp³-hybridized carbons (Fsp3) is 0.682. The van der Waals surface area contributed by atoms with Crippen LogP contribution in [0.1, 0.15) is 76.5 Å². The van der Waals surface area contributed by atoms with Crippen LogP contribution in [0, 0.1) is 29.5 Å². The largest absolute Gasteiger partial charge is 0.423 e. The van der Waals surface area contributed by atoms with Crippen molar-refractivity contribution in [1.29, 1.82) is 0 Å². The van der Waals surface area contributed by atoms with E-state index in [1.54, 1.807) is 12.1 Å². The Morgan fingerprint density at radius 3 is 2.54 bits per heavy atom. The van der Waals surface area contributed by atoms with Gasteiger partial charge in [-0.25, -0.2) is 4.39 Å². The van der Waals surface area contributed by atoms with Crippen molar-refractivity contribution in [3.8, 4) is 5.75 Å². The molecule has 144 valence electrons. The number of fused-ring (bicyclic) bond motifs is 1. The number of aliphatic hydroxyl groups is 1. The van der Waals surface area contributed by atoms with Crippen LogP contribution in [-0.4, -0.2) is 11.1 Å². The molecule has 26 heavy (non-hydrogen) atoms.